The summed E-state index contributed by atoms with van der Waals surface area (Å²) in [7, 11) is 2.01. The zero-order valence-corrected chi connectivity index (χ0v) is 13.0. The van der Waals surface area contributed by atoms with Crippen LogP contribution >= 0.6 is 0 Å². The topological polar surface area (TPSA) is 23.6 Å². The predicted octanol–water partition coefficient (Wildman–Crippen LogP) is 2.56. The summed E-state index contributed by atoms with van der Waals surface area (Å²) in [6.45, 7) is 3.32. The molecular weight excluding hydrogens is 260 g/mol. The minimum atomic E-state index is 0.342. The Morgan fingerprint density at radius 1 is 1.24 bits per heavy atom. The van der Waals surface area contributed by atoms with E-state index in [0.717, 1.165) is 38.8 Å². The summed E-state index contributed by atoms with van der Waals surface area (Å²) in [6.07, 6.45) is 5.69. The summed E-state index contributed by atoms with van der Waals surface area (Å²) < 4.78 is 0. The molecule has 114 valence electrons. The number of amides is 1. The second-order valence-corrected chi connectivity index (χ2v) is 6.56. The maximum absolute atomic E-state index is 12.2. The SMILES string of the molecule is CN(C(=O)C1CC1)C1CCCN(CCc2ccccc2)C1. The molecule has 2 fully saturated rings. The van der Waals surface area contributed by atoms with Gasteiger partial charge in [0.15, 0.2) is 0 Å². The fraction of sp³-hybridized carbons (Fsp3) is 0.611. The van der Waals surface area contributed by atoms with Gasteiger partial charge in [0.2, 0.25) is 5.91 Å². The van der Waals surface area contributed by atoms with Gasteiger partial charge in [-0.25, -0.2) is 0 Å². The van der Waals surface area contributed by atoms with Gasteiger partial charge in [0, 0.05) is 32.1 Å². The molecule has 1 aromatic carbocycles. The Bertz CT molecular complexity index is 469. The number of benzene rings is 1. The minimum Gasteiger partial charge on any atom is -0.341 e. The Balaban J connectivity index is 1.49. The third-order valence-corrected chi connectivity index (χ3v) is 4.86. The summed E-state index contributed by atoms with van der Waals surface area (Å²) in [4.78, 5) is 16.8. The van der Waals surface area contributed by atoms with Crippen LogP contribution in [0, 0.1) is 5.92 Å². The molecule has 1 amide bonds. The van der Waals surface area contributed by atoms with E-state index < -0.39 is 0 Å². The Kier molecular flexibility index (Phi) is 4.59. The van der Waals surface area contributed by atoms with Crippen LogP contribution in [0.5, 0.6) is 0 Å². The first kappa shape index (κ1) is 14.6. The van der Waals surface area contributed by atoms with Crippen LogP contribution in [0.4, 0.5) is 0 Å². The van der Waals surface area contributed by atoms with Crippen LogP contribution in [0.1, 0.15) is 31.2 Å². The number of likely N-dealkylation sites (N-methyl/N-ethyl adjacent to an activating group) is 1. The van der Waals surface area contributed by atoms with Crippen LogP contribution in [0.2, 0.25) is 0 Å². The number of hydrogen-bond acceptors (Lipinski definition) is 2. The number of likely N-dealkylation sites (tertiary alicyclic amines) is 1. The summed E-state index contributed by atoms with van der Waals surface area (Å²) >= 11 is 0. The van der Waals surface area contributed by atoms with Crippen molar-refractivity contribution in [3.05, 3.63) is 35.9 Å². The van der Waals surface area contributed by atoms with Crippen LogP contribution in [-0.2, 0) is 11.2 Å². The molecule has 3 nitrogen and oxygen atoms in total. The molecule has 0 aromatic heterocycles. The third-order valence-electron chi connectivity index (χ3n) is 4.86. The van der Waals surface area contributed by atoms with Gasteiger partial charge in [-0.3, -0.25) is 4.79 Å². The molecule has 2 aliphatic rings. The van der Waals surface area contributed by atoms with Crippen LogP contribution in [0.15, 0.2) is 30.3 Å². The van der Waals surface area contributed by atoms with E-state index in [-0.39, 0.29) is 0 Å². The molecule has 1 aliphatic carbocycles. The van der Waals surface area contributed by atoms with E-state index in [4.69, 9.17) is 0 Å². The normalized spacial score (nSPS) is 23.0. The van der Waals surface area contributed by atoms with Crippen LogP contribution in [-0.4, -0.2) is 48.4 Å². The highest BCUT2D eigenvalue weighted by molar-refractivity contribution is 5.81. The Morgan fingerprint density at radius 3 is 2.71 bits per heavy atom. The highest BCUT2D eigenvalue weighted by Gasteiger charge is 2.35. The average molecular weight is 286 g/mol. The summed E-state index contributed by atoms with van der Waals surface area (Å²) in [5, 5.41) is 0. The summed E-state index contributed by atoms with van der Waals surface area (Å²) in [6, 6.07) is 11.1. The number of hydrogen-bond donors (Lipinski definition) is 0. The van der Waals surface area contributed by atoms with Gasteiger partial charge < -0.3 is 9.80 Å². The molecule has 0 N–H and O–H groups in total. The van der Waals surface area contributed by atoms with Crippen LogP contribution in [0.3, 0.4) is 0 Å². The van der Waals surface area contributed by atoms with Gasteiger partial charge in [-0.1, -0.05) is 30.3 Å². The third kappa shape index (κ3) is 3.85. The first-order valence-electron chi connectivity index (χ1n) is 8.27. The molecular formula is C18H26N2O. The lowest BCUT2D eigenvalue weighted by molar-refractivity contribution is -0.134. The highest BCUT2D eigenvalue weighted by Crippen LogP contribution is 2.32. The zero-order chi connectivity index (χ0) is 14.7. The van der Waals surface area contributed by atoms with Crippen LogP contribution in [0.25, 0.3) is 0 Å². The van der Waals surface area contributed by atoms with Crippen molar-refractivity contribution in [2.75, 3.05) is 26.7 Å². The molecule has 1 saturated carbocycles. The Hall–Kier alpha value is -1.35. The number of carbonyl (C=O) groups is 1. The average Bonchev–Trinajstić information content (AvgIpc) is 3.38. The van der Waals surface area contributed by atoms with Crippen molar-refractivity contribution in [3.8, 4) is 0 Å². The van der Waals surface area contributed by atoms with E-state index in [1.54, 1.807) is 0 Å². The molecule has 21 heavy (non-hydrogen) atoms. The highest BCUT2D eigenvalue weighted by atomic mass is 16.2. The van der Waals surface area contributed by atoms with Gasteiger partial charge >= 0.3 is 0 Å². The molecule has 3 rings (SSSR count). The number of nitrogens with zero attached hydrogens (tertiary/aromatic N) is 2. The van der Waals surface area contributed by atoms with Gasteiger partial charge in [-0.15, -0.1) is 0 Å². The van der Waals surface area contributed by atoms with Gasteiger partial charge in [-0.2, -0.15) is 0 Å². The summed E-state index contributed by atoms with van der Waals surface area (Å²) in [5.74, 6) is 0.722. The number of carbonyl (C=O) groups excluding carboxylic acids is 1. The molecule has 1 unspecified atom stereocenters. The van der Waals surface area contributed by atoms with E-state index in [1.165, 1.54) is 18.5 Å². The maximum atomic E-state index is 12.2. The maximum Gasteiger partial charge on any atom is 0.225 e. The summed E-state index contributed by atoms with van der Waals surface area (Å²) in [5.41, 5.74) is 1.40. The zero-order valence-electron chi connectivity index (χ0n) is 13.0. The van der Waals surface area contributed by atoms with Gasteiger partial charge in [-0.05, 0) is 44.2 Å². The molecule has 1 atom stereocenters. The standard InChI is InChI=1S/C18H26N2O/c1-19(18(21)16-9-10-16)17-8-5-12-20(14-17)13-11-15-6-3-2-4-7-15/h2-4,6-7,16-17H,5,8-14H2,1H3. The van der Waals surface area contributed by atoms with Crippen molar-refractivity contribution in [2.24, 2.45) is 5.92 Å². The van der Waals surface area contributed by atoms with Gasteiger partial charge in [0.05, 0.1) is 0 Å². The fourth-order valence-corrected chi connectivity index (χ4v) is 3.28. The van der Waals surface area contributed by atoms with Crippen LogP contribution < -0.4 is 0 Å². The van der Waals surface area contributed by atoms with Gasteiger partial charge in [0.1, 0.15) is 0 Å². The lowest BCUT2D eigenvalue weighted by Gasteiger charge is -2.37. The minimum absolute atomic E-state index is 0.342. The number of piperidine rings is 1. The van der Waals surface area contributed by atoms with E-state index in [0.29, 0.717) is 17.9 Å². The van der Waals surface area contributed by atoms with Crippen molar-refractivity contribution in [3.63, 3.8) is 0 Å². The van der Waals surface area contributed by atoms with Gasteiger partial charge in [0.25, 0.3) is 0 Å². The first-order chi connectivity index (χ1) is 10.2. The Morgan fingerprint density at radius 2 is 2.00 bits per heavy atom. The van der Waals surface area contributed by atoms with Crippen molar-refractivity contribution in [2.45, 2.75) is 38.1 Å². The lowest BCUT2D eigenvalue weighted by atomic mass is 10.0. The molecule has 0 radical (unpaired) electrons. The van der Waals surface area contributed by atoms with Crippen molar-refractivity contribution >= 4 is 5.91 Å². The first-order valence-corrected chi connectivity index (χ1v) is 8.27. The second kappa shape index (κ2) is 6.61. The largest absolute Gasteiger partial charge is 0.341 e. The van der Waals surface area contributed by atoms with E-state index >= 15 is 0 Å². The smallest absolute Gasteiger partial charge is 0.225 e. The van der Waals surface area contributed by atoms with Crippen molar-refractivity contribution in [1.29, 1.82) is 0 Å². The molecule has 3 heteroatoms. The van der Waals surface area contributed by atoms with Crippen molar-refractivity contribution < 1.29 is 4.79 Å². The molecule has 0 bridgehead atoms. The van der Waals surface area contributed by atoms with Crippen molar-refractivity contribution in [1.82, 2.24) is 9.80 Å². The molecule has 1 aromatic rings. The lowest BCUT2D eigenvalue weighted by Crippen LogP contribution is -2.49. The fourth-order valence-electron chi connectivity index (χ4n) is 3.28. The molecule has 0 spiro atoms. The number of rotatable bonds is 5. The monoisotopic (exact) mass is 286 g/mol. The molecule has 1 heterocycles. The quantitative estimate of drug-likeness (QED) is 0.830. The molecule has 1 saturated heterocycles. The Labute approximate surface area is 127 Å². The van der Waals surface area contributed by atoms with E-state index in [2.05, 4.69) is 35.2 Å². The van der Waals surface area contributed by atoms with E-state index in [1.807, 2.05) is 11.9 Å². The van der Waals surface area contributed by atoms with E-state index in [9.17, 15) is 4.79 Å². The predicted molar refractivity (Wildman–Crippen MR) is 85.1 cm³/mol. The second-order valence-electron chi connectivity index (χ2n) is 6.56. The molecule has 1 aliphatic heterocycles.